The van der Waals surface area contributed by atoms with E-state index in [1.54, 1.807) is 18.3 Å². The fourth-order valence-electron chi connectivity index (χ4n) is 2.14. The molecule has 0 N–H and O–H groups in total. The first kappa shape index (κ1) is 11.4. The quantitative estimate of drug-likeness (QED) is 0.754. The van der Waals surface area contributed by atoms with E-state index in [1.165, 1.54) is 0 Å². The van der Waals surface area contributed by atoms with Gasteiger partial charge in [0, 0.05) is 23.3 Å². The van der Waals surface area contributed by atoms with Crippen LogP contribution < -0.4 is 0 Å². The molecule has 1 aromatic heterocycles. The maximum Gasteiger partial charge on any atom is 0.272 e. The molecule has 2 heterocycles. The average molecular weight is 239 g/mol. The van der Waals surface area contributed by atoms with Gasteiger partial charge in [-0.15, -0.1) is 0 Å². The Labute approximate surface area is 100 Å². The van der Waals surface area contributed by atoms with Crippen LogP contribution in [0.4, 0.5) is 0 Å². The number of pyridine rings is 1. The lowest BCUT2D eigenvalue weighted by molar-refractivity contribution is 0.0646. The SMILES string of the molecule is CC1(C)CCCN1C(=O)c1cc(Cl)ccn1. The summed E-state index contributed by atoms with van der Waals surface area (Å²) in [4.78, 5) is 18.2. The third-order valence-electron chi connectivity index (χ3n) is 3.09. The van der Waals surface area contributed by atoms with Gasteiger partial charge in [-0.1, -0.05) is 11.6 Å². The summed E-state index contributed by atoms with van der Waals surface area (Å²) in [7, 11) is 0. The summed E-state index contributed by atoms with van der Waals surface area (Å²) in [5.41, 5.74) is 0.364. The summed E-state index contributed by atoms with van der Waals surface area (Å²) in [5.74, 6) is -0.0231. The molecule has 0 aromatic carbocycles. The average Bonchev–Trinajstić information content (AvgIpc) is 2.57. The van der Waals surface area contributed by atoms with Gasteiger partial charge in [0.2, 0.25) is 0 Å². The number of likely N-dealkylation sites (tertiary alicyclic amines) is 1. The van der Waals surface area contributed by atoms with Crippen molar-refractivity contribution in [3.63, 3.8) is 0 Å². The smallest absolute Gasteiger partial charge is 0.272 e. The van der Waals surface area contributed by atoms with E-state index in [0.29, 0.717) is 10.7 Å². The Morgan fingerprint density at radius 3 is 2.88 bits per heavy atom. The van der Waals surface area contributed by atoms with Crippen LogP contribution >= 0.6 is 11.6 Å². The van der Waals surface area contributed by atoms with E-state index in [2.05, 4.69) is 18.8 Å². The fraction of sp³-hybridized carbons (Fsp3) is 0.500. The first-order valence-corrected chi connectivity index (χ1v) is 5.82. The Morgan fingerprint density at radius 2 is 2.31 bits per heavy atom. The van der Waals surface area contributed by atoms with E-state index < -0.39 is 0 Å². The zero-order valence-corrected chi connectivity index (χ0v) is 10.3. The van der Waals surface area contributed by atoms with Crippen LogP contribution in [0.25, 0.3) is 0 Å². The number of hydrogen-bond donors (Lipinski definition) is 0. The molecule has 1 aliphatic heterocycles. The molecule has 16 heavy (non-hydrogen) atoms. The van der Waals surface area contributed by atoms with Crippen molar-refractivity contribution in [3.05, 3.63) is 29.0 Å². The van der Waals surface area contributed by atoms with Gasteiger partial charge in [0.05, 0.1) is 0 Å². The van der Waals surface area contributed by atoms with E-state index in [1.807, 2.05) is 4.90 Å². The second-order valence-corrected chi connectivity index (χ2v) is 5.17. The first-order valence-electron chi connectivity index (χ1n) is 5.44. The van der Waals surface area contributed by atoms with Crippen LogP contribution in [0.1, 0.15) is 37.2 Å². The van der Waals surface area contributed by atoms with E-state index in [0.717, 1.165) is 19.4 Å². The number of rotatable bonds is 1. The van der Waals surface area contributed by atoms with Gasteiger partial charge in [-0.2, -0.15) is 0 Å². The number of amides is 1. The lowest BCUT2D eigenvalue weighted by Crippen LogP contribution is -2.42. The van der Waals surface area contributed by atoms with Crippen molar-refractivity contribution in [2.75, 3.05) is 6.54 Å². The van der Waals surface area contributed by atoms with Crippen LogP contribution in [0.15, 0.2) is 18.3 Å². The van der Waals surface area contributed by atoms with E-state index in [4.69, 9.17) is 11.6 Å². The summed E-state index contributed by atoms with van der Waals surface area (Å²) in [6, 6.07) is 3.30. The van der Waals surface area contributed by atoms with Crippen molar-refractivity contribution < 1.29 is 4.79 Å². The zero-order valence-electron chi connectivity index (χ0n) is 9.53. The topological polar surface area (TPSA) is 33.2 Å². The second-order valence-electron chi connectivity index (χ2n) is 4.73. The normalized spacial score (nSPS) is 18.8. The molecule has 2 rings (SSSR count). The van der Waals surface area contributed by atoms with Crippen molar-refractivity contribution in [2.45, 2.75) is 32.2 Å². The number of aromatic nitrogens is 1. The molecule has 1 fully saturated rings. The van der Waals surface area contributed by atoms with Gasteiger partial charge in [0.1, 0.15) is 5.69 Å². The molecule has 0 spiro atoms. The van der Waals surface area contributed by atoms with Gasteiger partial charge in [-0.05, 0) is 38.8 Å². The minimum absolute atomic E-state index is 0.0231. The zero-order chi connectivity index (χ0) is 11.8. The Morgan fingerprint density at radius 1 is 1.56 bits per heavy atom. The van der Waals surface area contributed by atoms with Crippen molar-refractivity contribution in [1.29, 1.82) is 0 Å². The van der Waals surface area contributed by atoms with Gasteiger partial charge in [-0.3, -0.25) is 9.78 Å². The molecule has 4 heteroatoms. The Hall–Kier alpha value is -1.09. The van der Waals surface area contributed by atoms with Gasteiger partial charge in [0.25, 0.3) is 5.91 Å². The molecule has 0 atom stereocenters. The van der Waals surface area contributed by atoms with Crippen molar-refractivity contribution >= 4 is 17.5 Å². The number of hydrogen-bond acceptors (Lipinski definition) is 2. The van der Waals surface area contributed by atoms with Gasteiger partial charge in [0.15, 0.2) is 0 Å². The standard InChI is InChI=1S/C12H15ClN2O/c1-12(2)5-3-7-15(12)11(16)10-8-9(13)4-6-14-10/h4,6,8H,3,5,7H2,1-2H3. The predicted octanol–water partition coefficient (Wildman–Crippen LogP) is 2.75. The number of carbonyl (C=O) groups excluding carboxylic acids is 1. The molecule has 1 saturated heterocycles. The minimum Gasteiger partial charge on any atom is -0.332 e. The molecule has 1 amide bonds. The lowest BCUT2D eigenvalue weighted by Gasteiger charge is -2.31. The summed E-state index contributed by atoms with van der Waals surface area (Å²) >= 11 is 5.86. The molecule has 0 bridgehead atoms. The number of carbonyl (C=O) groups is 1. The molecule has 1 aromatic rings. The van der Waals surface area contributed by atoms with Gasteiger partial charge in [-0.25, -0.2) is 0 Å². The molecule has 86 valence electrons. The molecule has 1 aliphatic rings. The van der Waals surface area contributed by atoms with Crippen molar-refractivity contribution in [1.82, 2.24) is 9.88 Å². The fourth-order valence-corrected chi connectivity index (χ4v) is 2.30. The minimum atomic E-state index is -0.0684. The highest BCUT2D eigenvalue weighted by Gasteiger charge is 2.36. The van der Waals surface area contributed by atoms with E-state index in [9.17, 15) is 4.79 Å². The van der Waals surface area contributed by atoms with Crippen LogP contribution in [0, 0.1) is 0 Å². The number of nitrogens with zero attached hydrogens (tertiary/aromatic N) is 2. The molecule has 0 saturated carbocycles. The van der Waals surface area contributed by atoms with Crippen LogP contribution in [0.5, 0.6) is 0 Å². The largest absolute Gasteiger partial charge is 0.332 e. The highest BCUT2D eigenvalue weighted by Crippen LogP contribution is 2.29. The van der Waals surface area contributed by atoms with Crippen molar-refractivity contribution in [3.8, 4) is 0 Å². The molecule has 0 radical (unpaired) electrons. The Kier molecular flexibility index (Phi) is 2.89. The summed E-state index contributed by atoms with van der Waals surface area (Å²) in [6.45, 7) is 4.98. The third kappa shape index (κ3) is 2.05. The summed E-state index contributed by atoms with van der Waals surface area (Å²) < 4.78 is 0. The van der Waals surface area contributed by atoms with E-state index in [-0.39, 0.29) is 11.4 Å². The highest BCUT2D eigenvalue weighted by atomic mass is 35.5. The molecule has 0 unspecified atom stereocenters. The summed E-state index contributed by atoms with van der Waals surface area (Å²) in [6.07, 6.45) is 3.66. The van der Waals surface area contributed by atoms with Crippen LogP contribution in [-0.2, 0) is 0 Å². The molecule has 0 aliphatic carbocycles. The molecular formula is C12H15ClN2O. The second kappa shape index (κ2) is 4.06. The maximum absolute atomic E-state index is 12.2. The summed E-state index contributed by atoms with van der Waals surface area (Å²) in [5, 5.41) is 0.551. The Bertz CT molecular complexity index is 417. The number of halogens is 1. The van der Waals surface area contributed by atoms with Crippen LogP contribution in [-0.4, -0.2) is 27.9 Å². The van der Waals surface area contributed by atoms with Gasteiger partial charge < -0.3 is 4.90 Å². The van der Waals surface area contributed by atoms with Crippen LogP contribution in [0.2, 0.25) is 5.02 Å². The first-order chi connectivity index (χ1) is 7.50. The molecule has 3 nitrogen and oxygen atoms in total. The third-order valence-corrected chi connectivity index (χ3v) is 3.32. The molecular weight excluding hydrogens is 224 g/mol. The van der Waals surface area contributed by atoms with Crippen molar-refractivity contribution in [2.24, 2.45) is 0 Å². The highest BCUT2D eigenvalue weighted by molar-refractivity contribution is 6.30. The monoisotopic (exact) mass is 238 g/mol. The lowest BCUT2D eigenvalue weighted by atomic mass is 10.0. The maximum atomic E-state index is 12.2. The predicted molar refractivity (Wildman–Crippen MR) is 63.6 cm³/mol. The van der Waals surface area contributed by atoms with Crippen LogP contribution in [0.3, 0.4) is 0 Å². The van der Waals surface area contributed by atoms with E-state index >= 15 is 0 Å². The Balaban J connectivity index is 2.26. The van der Waals surface area contributed by atoms with Gasteiger partial charge >= 0.3 is 0 Å².